The van der Waals surface area contributed by atoms with Gasteiger partial charge in [0.15, 0.2) is 0 Å². The molecule has 1 aliphatic rings. The molecular weight excluding hydrogens is 262 g/mol. The van der Waals surface area contributed by atoms with E-state index in [0.29, 0.717) is 11.4 Å². The summed E-state index contributed by atoms with van der Waals surface area (Å²) in [5.74, 6) is 0. The highest BCUT2D eigenvalue weighted by Crippen LogP contribution is 2.36. The van der Waals surface area contributed by atoms with E-state index >= 15 is 0 Å². The van der Waals surface area contributed by atoms with Gasteiger partial charge in [0.25, 0.3) is 0 Å². The van der Waals surface area contributed by atoms with Crippen molar-refractivity contribution in [3.8, 4) is 0 Å². The molecule has 0 aromatic carbocycles. The van der Waals surface area contributed by atoms with E-state index in [1.54, 1.807) is 12.3 Å². The maximum absolute atomic E-state index is 12.2. The lowest BCUT2D eigenvalue weighted by Gasteiger charge is -2.10. The van der Waals surface area contributed by atoms with Gasteiger partial charge in [-0.1, -0.05) is 6.92 Å². The first-order chi connectivity index (χ1) is 8.86. The molecule has 0 saturated heterocycles. The summed E-state index contributed by atoms with van der Waals surface area (Å²) in [5.41, 5.74) is 0.754. The second kappa shape index (κ2) is 5.26. The molecule has 1 aromatic heterocycles. The molecule has 5 nitrogen and oxygen atoms in total. The Morgan fingerprint density at radius 2 is 2.11 bits per heavy atom. The summed E-state index contributed by atoms with van der Waals surface area (Å²) in [7, 11) is -1.51. The summed E-state index contributed by atoms with van der Waals surface area (Å²) in [5, 5.41) is 3.28. The van der Waals surface area contributed by atoms with Crippen LogP contribution in [-0.2, 0) is 23.6 Å². The fraction of sp³-hybridized carbons (Fsp3) is 0.692. The molecule has 1 fully saturated rings. The average Bonchev–Trinajstić information content (AvgIpc) is 2.89. The summed E-state index contributed by atoms with van der Waals surface area (Å²) in [6.07, 6.45) is 4.58. The fourth-order valence-electron chi connectivity index (χ4n) is 1.97. The van der Waals surface area contributed by atoms with E-state index in [2.05, 4.69) is 17.0 Å². The molecule has 0 unspecified atom stereocenters. The first-order valence-corrected chi connectivity index (χ1v) is 8.24. The minimum atomic E-state index is -3.39. The Morgan fingerprint density at radius 3 is 2.68 bits per heavy atom. The van der Waals surface area contributed by atoms with Gasteiger partial charge < -0.3 is 9.88 Å². The van der Waals surface area contributed by atoms with Crippen LogP contribution in [0, 0.1) is 0 Å². The lowest BCUT2D eigenvalue weighted by atomic mass is 10.4. The van der Waals surface area contributed by atoms with E-state index in [1.807, 2.05) is 18.5 Å². The summed E-state index contributed by atoms with van der Waals surface area (Å²) < 4.78 is 29.1. The van der Waals surface area contributed by atoms with Crippen molar-refractivity contribution < 1.29 is 8.42 Å². The van der Waals surface area contributed by atoms with Gasteiger partial charge in [-0.25, -0.2) is 13.1 Å². The van der Waals surface area contributed by atoms with Gasteiger partial charge in [-0.05, 0) is 38.8 Å². The molecule has 19 heavy (non-hydrogen) atoms. The molecule has 0 radical (unpaired) electrons. The summed E-state index contributed by atoms with van der Waals surface area (Å²) in [6.45, 7) is 5.67. The molecule has 0 spiro atoms. The number of hydrogen-bond acceptors (Lipinski definition) is 3. The minimum absolute atomic E-state index is 0.227. The predicted octanol–water partition coefficient (Wildman–Crippen LogP) is 1.36. The number of aromatic nitrogens is 1. The van der Waals surface area contributed by atoms with E-state index in [4.69, 9.17) is 0 Å². The van der Waals surface area contributed by atoms with Crippen molar-refractivity contribution in [3.63, 3.8) is 0 Å². The molecule has 1 aromatic rings. The number of nitrogens with zero attached hydrogens (tertiary/aromatic N) is 1. The van der Waals surface area contributed by atoms with E-state index in [0.717, 1.165) is 31.5 Å². The second-order valence-corrected chi connectivity index (χ2v) is 7.30. The monoisotopic (exact) mass is 285 g/mol. The molecule has 2 rings (SSSR count). The Bertz CT molecular complexity index is 544. The Labute approximate surface area is 115 Å². The summed E-state index contributed by atoms with van der Waals surface area (Å²) >= 11 is 0. The zero-order valence-corrected chi connectivity index (χ0v) is 12.7. The van der Waals surface area contributed by atoms with Crippen molar-refractivity contribution in [3.05, 3.63) is 18.0 Å². The van der Waals surface area contributed by atoms with Gasteiger partial charge in [-0.15, -0.1) is 0 Å². The maximum Gasteiger partial charge on any atom is 0.242 e. The Balaban J connectivity index is 2.10. The van der Waals surface area contributed by atoms with Crippen LogP contribution in [0.2, 0.25) is 0 Å². The van der Waals surface area contributed by atoms with Crippen LogP contribution < -0.4 is 10.0 Å². The number of rotatable bonds is 7. The molecule has 0 atom stereocenters. The molecule has 0 amide bonds. The van der Waals surface area contributed by atoms with Crippen LogP contribution in [-0.4, -0.2) is 25.1 Å². The Morgan fingerprint density at radius 1 is 1.42 bits per heavy atom. The molecule has 108 valence electrons. The Hall–Kier alpha value is -0.850. The maximum atomic E-state index is 12.2. The van der Waals surface area contributed by atoms with Gasteiger partial charge in [-0.2, -0.15) is 0 Å². The summed E-state index contributed by atoms with van der Waals surface area (Å²) in [4.78, 5) is 0.358. The highest BCUT2D eigenvalue weighted by molar-refractivity contribution is 7.89. The smallest absolute Gasteiger partial charge is 0.242 e. The van der Waals surface area contributed by atoms with Gasteiger partial charge in [0.2, 0.25) is 10.0 Å². The number of nitrogens with one attached hydrogen (secondary N) is 2. The van der Waals surface area contributed by atoms with E-state index < -0.39 is 10.0 Å². The Kier molecular flexibility index (Phi) is 4.03. The van der Waals surface area contributed by atoms with Gasteiger partial charge in [-0.3, -0.25) is 0 Å². The largest absolute Gasteiger partial charge is 0.352 e. The van der Waals surface area contributed by atoms with Gasteiger partial charge in [0, 0.05) is 31.0 Å². The topological polar surface area (TPSA) is 63.1 Å². The van der Waals surface area contributed by atoms with Crippen LogP contribution in [0.15, 0.2) is 17.2 Å². The van der Waals surface area contributed by atoms with Crippen LogP contribution in [0.5, 0.6) is 0 Å². The van der Waals surface area contributed by atoms with Crippen LogP contribution in [0.1, 0.15) is 38.8 Å². The minimum Gasteiger partial charge on any atom is -0.352 e. The standard InChI is InChI=1S/C13H23N3O2S/c1-4-7-14-9-11-8-12(10-16(11)3)19(17,18)15-13(2)5-6-13/h8,10,14-15H,4-7,9H2,1-3H3. The van der Waals surface area contributed by atoms with E-state index in [-0.39, 0.29) is 5.54 Å². The molecule has 1 saturated carbocycles. The van der Waals surface area contributed by atoms with Crippen molar-refractivity contribution in [2.45, 2.75) is 50.1 Å². The first-order valence-electron chi connectivity index (χ1n) is 6.76. The van der Waals surface area contributed by atoms with E-state index in [1.165, 1.54) is 0 Å². The van der Waals surface area contributed by atoms with Crippen LogP contribution in [0.25, 0.3) is 0 Å². The number of aryl methyl sites for hydroxylation is 1. The third-order valence-corrected chi connectivity index (χ3v) is 5.11. The van der Waals surface area contributed by atoms with Gasteiger partial charge >= 0.3 is 0 Å². The fourth-order valence-corrected chi connectivity index (χ4v) is 3.52. The number of sulfonamides is 1. The molecule has 0 aliphatic heterocycles. The van der Waals surface area contributed by atoms with Gasteiger partial charge in [0.05, 0.1) is 4.90 Å². The van der Waals surface area contributed by atoms with Crippen LogP contribution in [0.3, 0.4) is 0 Å². The van der Waals surface area contributed by atoms with Gasteiger partial charge in [0.1, 0.15) is 0 Å². The molecule has 2 N–H and O–H groups in total. The molecule has 6 heteroatoms. The first kappa shape index (κ1) is 14.6. The van der Waals surface area contributed by atoms with Crippen molar-refractivity contribution in [2.24, 2.45) is 7.05 Å². The quantitative estimate of drug-likeness (QED) is 0.744. The van der Waals surface area contributed by atoms with Crippen LogP contribution in [0.4, 0.5) is 0 Å². The normalized spacial score (nSPS) is 17.6. The highest BCUT2D eigenvalue weighted by atomic mass is 32.2. The van der Waals surface area contributed by atoms with Crippen molar-refractivity contribution in [1.82, 2.24) is 14.6 Å². The van der Waals surface area contributed by atoms with Crippen molar-refractivity contribution >= 4 is 10.0 Å². The molecule has 1 aliphatic carbocycles. The molecular formula is C13H23N3O2S. The summed E-state index contributed by atoms with van der Waals surface area (Å²) in [6, 6.07) is 1.75. The zero-order chi connectivity index (χ0) is 14.1. The average molecular weight is 285 g/mol. The lowest BCUT2D eigenvalue weighted by molar-refractivity contribution is 0.558. The van der Waals surface area contributed by atoms with Crippen molar-refractivity contribution in [2.75, 3.05) is 6.54 Å². The third kappa shape index (κ3) is 3.58. The highest BCUT2D eigenvalue weighted by Gasteiger charge is 2.41. The third-order valence-electron chi connectivity index (χ3n) is 3.51. The van der Waals surface area contributed by atoms with E-state index in [9.17, 15) is 8.42 Å². The SMILES string of the molecule is CCCNCc1cc(S(=O)(=O)NC2(C)CC2)cn1C. The number of hydrogen-bond donors (Lipinski definition) is 2. The predicted molar refractivity (Wildman–Crippen MR) is 75.4 cm³/mol. The van der Waals surface area contributed by atoms with Crippen molar-refractivity contribution in [1.29, 1.82) is 0 Å². The zero-order valence-electron chi connectivity index (χ0n) is 11.9. The van der Waals surface area contributed by atoms with Crippen LogP contribution >= 0.6 is 0 Å². The lowest BCUT2D eigenvalue weighted by Crippen LogP contribution is -2.34. The molecule has 0 bridgehead atoms. The molecule has 1 heterocycles. The second-order valence-electron chi connectivity index (χ2n) is 5.62.